The topological polar surface area (TPSA) is 158 Å². The van der Waals surface area contributed by atoms with Gasteiger partial charge < -0.3 is 26.2 Å². The Labute approximate surface area is 190 Å². The smallest absolute Gasteiger partial charge is 0.255 e. The van der Waals surface area contributed by atoms with Crippen LogP contribution in [0.15, 0.2) is 29.6 Å². The Kier molecular flexibility index (Phi) is 4.82. The van der Waals surface area contributed by atoms with Gasteiger partial charge in [0.15, 0.2) is 11.4 Å². The number of carbonyl (C=O) groups excluding carboxylic acids is 3. The van der Waals surface area contributed by atoms with Gasteiger partial charge in [-0.3, -0.25) is 14.4 Å². The Morgan fingerprint density at radius 1 is 1.26 bits per heavy atom. The molecule has 4 rings (SSSR count). The molecule has 0 heterocycles. The number of benzene rings is 1. The minimum absolute atomic E-state index is 0.0806. The van der Waals surface area contributed by atoms with Gasteiger partial charge >= 0.3 is 0 Å². The molecule has 1 aromatic rings. The second kappa shape index (κ2) is 6.92. The summed E-state index contributed by atoms with van der Waals surface area (Å²) in [4.78, 5) is 37.4. The third-order valence-corrected chi connectivity index (χ3v) is 7.43. The number of amides is 1. The molecular formula is C22H20INO7. The summed E-state index contributed by atoms with van der Waals surface area (Å²) in [5, 5.41) is 43.6. The standard InChI is InChI=1S/C22H20INO7/c1-7(2)10-6-12(23)11-4-8-3-9-5-13(25)16(21(24)30)20(29)22(9,31)19(28)14(8)18(27)15(11)17(10)26/h6,8-9,26-27,29,31H,1,3-5H2,2H3,(H2,24,30)/t8-,9?,22+/m1/s1. The van der Waals surface area contributed by atoms with Gasteiger partial charge in [-0.05, 0) is 65.5 Å². The Morgan fingerprint density at radius 2 is 1.90 bits per heavy atom. The SMILES string of the molecule is C=C(C)c1cc(I)c2c(c1O)C(O)=C1C(=O)[C@]3(O)C(O)=C(C(N)=O)C(=O)CC3C[C@@H]1C2. The zero-order valence-electron chi connectivity index (χ0n) is 16.5. The fraction of sp³-hybridized carbons (Fsp3) is 0.318. The lowest BCUT2D eigenvalue weighted by Crippen LogP contribution is -2.58. The number of phenolic OH excluding ortho intramolecular Hbond substituents is 1. The van der Waals surface area contributed by atoms with E-state index in [0.717, 1.165) is 3.57 Å². The normalized spacial score (nSPS) is 27.6. The first-order valence-electron chi connectivity index (χ1n) is 9.58. The van der Waals surface area contributed by atoms with Crippen LogP contribution in [0.5, 0.6) is 5.75 Å². The molecule has 3 atom stereocenters. The minimum atomic E-state index is -2.55. The highest BCUT2D eigenvalue weighted by molar-refractivity contribution is 14.1. The van der Waals surface area contributed by atoms with Crippen LogP contribution >= 0.6 is 22.6 Å². The molecule has 1 amide bonds. The summed E-state index contributed by atoms with van der Waals surface area (Å²) in [6, 6.07) is 1.74. The summed E-state index contributed by atoms with van der Waals surface area (Å²) in [6.45, 7) is 5.52. The summed E-state index contributed by atoms with van der Waals surface area (Å²) in [5.74, 6) is -6.30. The van der Waals surface area contributed by atoms with E-state index in [4.69, 9.17) is 5.73 Å². The first-order chi connectivity index (χ1) is 14.4. The molecule has 1 unspecified atom stereocenters. The average Bonchev–Trinajstić information content (AvgIpc) is 2.66. The summed E-state index contributed by atoms with van der Waals surface area (Å²) in [5.41, 5.74) is 3.37. The van der Waals surface area contributed by atoms with E-state index in [9.17, 15) is 34.8 Å². The highest BCUT2D eigenvalue weighted by Gasteiger charge is 2.60. The highest BCUT2D eigenvalue weighted by Crippen LogP contribution is 2.53. The Bertz CT molecular complexity index is 1180. The van der Waals surface area contributed by atoms with Crippen molar-refractivity contribution < 1.29 is 34.8 Å². The van der Waals surface area contributed by atoms with Crippen LogP contribution in [-0.4, -0.2) is 43.5 Å². The molecule has 3 aliphatic carbocycles. The lowest BCUT2D eigenvalue weighted by molar-refractivity contribution is -0.147. The minimum Gasteiger partial charge on any atom is -0.508 e. The van der Waals surface area contributed by atoms with Crippen molar-refractivity contribution in [3.8, 4) is 5.75 Å². The molecule has 31 heavy (non-hydrogen) atoms. The van der Waals surface area contributed by atoms with E-state index >= 15 is 0 Å². The predicted octanol–water partition coefficient (Wildman–Crippen LogP) is 2.06. The molecule has 0 aromatic heterocycles. The Balaban J connectivity index is 1.97. The van der Waals surface area contributed by atoms with Crippen molar-refractivity contribution in [2.45, 2.75) is 31.8 Å². The molecule has 1 aromatic carbocycles. The van der Waals surface area contributed by atoms with E-state index in [1.165, 1.54) is 0 Å². The van der Waals surface area contributed by atoms with Crippen LogP contribution in [0.2, 0.25) is 0 Å². The summed E-state index contributed by atoms with van der Waals surface area (Å²) < 4.78 is 0.765. The molecule has 0 saturated heterocycles. The highest BCUT2D eigenvalue weighted by atomic mass is 127. The van der Waals surface area contributed by atoms with Gasteiger partial charge in [-0.2, -0.15) is 0 Å². The molecular weight excluding hydrogens is 517 g/mol. The van der Waals surface area contributed by atoms with Gasteiger partial charge in [-0.15, -0.1) is 0 Å². The van der Waals surface area contributed by atoms with Crippen LogP contribution in [-0.2, 0) is 20.8 Å². The van der Waals surface area contributed by atoms with E-state index in [0.29, 0.717) is 16.7 Å². The third-order valence-electron chi connectivity index (χ3n) is 6.47. The fourth-order valence-corrected chi connectivity index (χ4v) is 5.77. The molecule has 3 aliphatic rings. The van der Waals surface area contributed by atoms with Crippen molar-refractivity contribution in [1.29, 1.82) is 0 Å². The van der Waals surface area contributed by atoms with Crippen LogP contribution in [0, 0.1) is 15.4 Å². The zero-order valence-corrected chi connectivity index (χ0v) is 18.7. The van der Waals surface area contributed by atoms with Gasteiger partial charge in [-0.25, -0.2) is 0 Å². The van der Waals surface area contributed by atoms with Crippen LogP contribution in [0.4, 0.5) is 0 Å². The number of aromatic hydroxyl groups is 1. The van der Waals surface area contributed by atoms with E-state index in [1.54, 1.807) is 13.0 Å². The van der Waals surface area contributed by atoms with Gasteiger partial charge in [0.25, 0.3) is 5.91 Å². The van der Waals surface area contributed by atoms with Crippen molar-refractivity contribution in [2.75, 3.05) is 0 Å². The van der Waals surface area contributed by atoms with Crippen molar-refractivity contribution in [2.24, 2.45) is 17.6 Å². The Morgan fingerprint density at radius 3 is 2.48 bits per heavy atom. The van der Waals surface area contributed by atoms with Crippen LogP contribution < -0.4 is 5.73 Å². The van der Waals surface area contributed by atoms with Crippen molar-refractivity contribution in [1.82, 2.24) is 0 Å². The van der Waals surface area contributed by atoms with E-state index in [2.05, 4.69) is 29.2 Å². The lowest BCUT2D eigenvalue weighted by atomic mass is 9.59. The quantitative estimate of drug-likeness (QED) is 0.285. The van der Waals surface area contributed by atoms with Crippen molar-refractivity contribution in [3.63, 3.8) is 0 Å². The first kappa shape index (κ1) is 21.6. The number of aliphatic hydroxyl groups excluding tert-OH is 2. The second-order valence-corrected chi connectivity index (χ2v) is 9.46. The van der Waals surface area contributed by atoms with Crippen molar-refractivity contribution >= 4 is 51.4 Å². The molecule has 0 radical (unpaired) electrons. The van der Waals surface area contributed by atoms with E-state index < -0.39 is 52.0 Å². The number of primary amides is 1. The average molecular weight is 537 g/mol. The van der Waals surface area contributed by atoms with Gasteiger partial charge in [0.1, 0.15) is 22.8 Å². The molecule has 1 saturated carbocycles. The van der Waals surface area contributed by atoms with Gasteiger partial charge in [0.05, 0.1) is 5.56 Å². The van der Waals surface area contributed by atoms with E-state index in [-0.39, 0.29) is 36.1 Å². The number of hydrogen-bond acceptors (Lipinski definition) is 7. The van der Waals surface area contributed by atoms with Gasteiger partial charge in [-0.1, -0.05) is 6.58 Å². The number of Topliss-reactive ketones (excluding diaryl/α,β-unsaturated/α-hetero) is 2. The molecule has 0 aliphatic heterocycles. The number of phenols is 1. The molecule has 8 nitrogen and oxygen atoms in total. The van der Waals surface area contributed by atoms with Crippen LogP contribution in [0.3, 0.4) is 0 Å². The van der Waals surface area contributed by atoms with Crippen LogP contribution in [0.1, 0.15) is 36.5 Å². The summed E-state index contributed by atoms with van der Waals surface area (Å²) >= 11 is 2.08. The van der Waals surface area contributed by atoms with Crippen molar-refractivity contribution in [3.05, 3.63) is 49.8 Å². The number of hydrogen-bond donors (Lipinski definition) is 5. The molecule has 162 valence electrons. The second-order valence-electron chi connectivity index (χ2n) is 8.30. The number of allylic oxidation sites excluding steroid dienone is 1. The number of rotatable bonds is 2. The Hall–Kier alpha value is -2.66. The molecule has 0 spiro atoms. The third kappa shape index (κ3) is 2.79. The van der Waals surface area contributed by atoms with Gasteiger partial charge in [0, 0.05) is 27.0 Å². The molecule has 9 heteroatoms. The van der Waals surface area contributed by atoms with Gasteiger partial charge in [0.2, 0.25) is 5.78 Å². The molecule has 6 N–H and O–H groups in total. The monoisotopic (exact) mass is 537 g/mol. The van der Waals surface area contributed by atoms with E-state index in [1.807, 2.05) is 0 Å². The summed E-state index contributed by atoms with van der Waals surface area (Å²) in [7, 11) is 0. The zero-order chi connectivity index (χ0) is 23.0. The van der Waals surface area contributed by atoms with Crippen LogP contribution in [0.25, 0.3) is 11.3 Å². The fourth-order valence-electron chi connectivity index (χ4n) is 4.97. The number of halogens is 1. The molecule has 1 fully saturated rings. The maximum atomic E-state index is 13.4. The number of fused-ring (bicyclic) bond motifs is 3. The number of nitrogens with two attached hydrogens (primary N) is 1. The molecule has 0 bridgehead atoms. The maximum Gasteiger partial charge on any atom is 0.255 e. The first-order valence-corrected chi connectivity index (χ1v) is 10.7. The largest absolute Gasteiger partial charge is 0.508 e. The number of ketones is 2. The summed E-state index contributed by atoms with van der Waals surface area (Å²) in [6.07, 6.45) is 0.0671. The number of aliphatic hydroxyl groups is 3. The maximum absolute atomic E-state index is 13.4. The predicted molar refractivity (Wildman–Crippen MR) is 119 cm³/mol. The lowest BCUT2D eigenvalue weighted by Gasteiger charge is -2.46. The number of carbonyl (C=O) groups is 3.